The molecule has 17 heavy (non-hydrogen) atoms. The molecule has 0 aliphatic carbocycles. The van der Waals surface area contributed by atoms with E-state index < -0.39 is 0 Å². The van der Waals surface area contributed by atoms with Crippen molar-refractivity contribution in [1.29, 1.82) is 0 Å². The Balaban J connectivity index is 1.58. The maximum atomic E-state index is 5.04. The zero-order chi connectivity index (χ0) is 11.9. The van der Waals surface area contributed by atoms with Crippen LogP contribution in [0.2, 0.25) is 0 Å². The summed E-state index contributed by atoms with van der Waals surface area (Å²) in [6.45, 7) is 7.93. The first-order valence-electron chi connectivity index (χ1n) is 6.44. The van der Waals surface area contributed by atoms with E-state index >= 15 is 0 Å². The lowest BCUT2D eigenvalue weighted by molar-refractivity contribution is 0.280. The van der Waals surface area contributed by atoms with Gasteiger partial charge in [-0.15, -0.1) is 0 Å². The molecule has 0 spiro atoms. The molecule has 2 rings (SSSR count). The Morgan fingerprint density at radius 3 is 3.29 bits per heavy atom. The van der Waals surface area contributed by atoms with Crippen molar-refractivity contribution in [1.82, 2.24) is 10.2 Å². The van der Waals surface area contributed by atoms with Gasteiger partial charge in [0.25, 0.3) is 0 Å². The minimum atomic E-state index is 0.845. The number of nitrogens with zero attached hydrogens (tertiary/aromatic N) is 1. The normalized spacial score (nSPS) is 21.8. The molecule has 4 heteroatoms. The van der Waals surface area contributed by atoms with Gasteiger partial charge in [0.1, 0.15) is 0 Å². The van der Waals surface area contributed by atoms with Gasteiger partial charge >= 0.3 is 0 Å². The number of furan rings is 1. The molecule has 0 saturated carbocycles. The second-order valence-electron chi connectivity index (χ2n) is 4.51. The Hall–Kier alpha value is -0.450. The maximum Gasteiger partial charge on any atom is 0.0947 e. The third-order valence-corrected chi connectivity index (χ3v) is 4.56. The van der Waals surface area contributed by atoms with E-state index in [0.717, 1.165) is 24.9 Å². The lowest BCUT2D eigenvalue weighted by Crippen LogP contribution is -2.41. The van der Waals surface area contributed by atoms with E-state index in [1.165, 1.54) is 30.8 Å². The lowest BCUT2D eigenvalue weighted by Gasteiger charge is -2.31. The second-order valence-corrected chi connectivity index (χ2v) is 5.92. The van der Waals surface area contributed by atoms with Crippen molar-refractivity contribution in [3.63, 3.8) is 0 Å². The highest BCUT2D eigenvalue weighted by molar-refractivity contribution is 8.00. The van der Waals surface area contributed by atoms with E-state index in [1.54, 1.807) is 12.5 Å². The molecule has 0 amide bonds. The molecule has 0 aromatic carbocycles. The summed E-state index contributed by atoms with van der Waals surface area (Å²) in [6.07, 6.45) is 4.83. The van der Waals surface area contributed by atoms with E-state index in [0.29, 0.717) is 0 Å². The highest BCUT2D eigenvalue weighted by Gasteiger charge is 2.17. The van der Waals surface area contributed by atoms with Crippen LogP contribution in [0.1, 0.15) is 18.9 Å². The average Bonchev–Trinajstić information content (AvgIpc) is 2.88. The topological polar surface area (TPSA) is 28.4 Å². The molecule has 1 fully saturated rings. The number of thioether (sulfide) groups is 1. The van der Waals surface area contributed by atoms with Gasteiger partial charge in [-0.25, -0.2) is 0 Å². The van der Waals surface area contributed by atoms with Crippen LogP contribution in [0.3, 0.4) is 0 Å². The van der Waals surface area contributed by atoms with Crippen LogP contribution in [0.4, 0.5) is 0 Å². The fourth-order valence-electron chi connectivity index (χ4n) is 2.09. The summed E-state index contributed by atoms with van der Waals surface area (Å²) in [6, 6.07) is 2.01. The number of hydrogen-bond acceptors (Lipinski definition) is 4. The van der Waals surface area contributed by atoms with Gasteiger partial charge in [0.05, 0.1) is 12.5 Å². The molecule has 1 aliphatic rings. The molecule has 2 heterocycles. The van der Waals surface area contributed by atoms with Gasteiger partial charge in [-0.3, -0.25) is 0 Å². The van der Waals surface area contributed by atoms with Crippen LogP contribution in [0.25, 0.3) is 0 Å². The summed E-state index contributed by atoms with van der Waals surface area (Å²) in [5.41, 5.74) is 1.23. The van der Waals surface area contributed by atoms with Crippen molar-refractivity contribution in [3.8, 4) is 0 Å². The zero-order valence-electron chi connectivity index (χ0n) is 10.5. The molecule has 1 aliphatic heterocycles. The molecule has 1 unspecified atom stereocenters. The summed E-state index contributed by atoms with van der Waals surface area (Å²) < 4.78 is 5.04. The van der Waals surface area contributed by atoms with Crippen molar-refractivity contribution in [2.24, 2.45) is 0 Å². The molecule has 1 saturated heterocycles. The van der Waals surface area contributed by atoms with Gasteiger partial charge in [-0.1, -0.05) is 6.92 Å². The Morgan fingerprint density at radius 2 is 2.53 bits per heavy atom. The average molecular weight is 254 g/mol. The molecule has 1 aromatic heterocycles. The SMILES string of the molecule is CCC1CN(CCNCc2ccoc2)CCS1. The molecule has 1 N–H and O–H groups in total. The van der Waals surface area contributed by atoms with E-state index in [1.807, 2.05) is 6.07 Å². The highest BCUT2D eigenvalue weighted by Crippen LogP contribution is 2.20. The lowest BCUT2D eigenvalue weighted by atomic mass is 10.3. The quantitative estimate of drug-likeness (QED) is 0.788. The van der Waals surface area contributed by atoms with Crippen molar-refractivity contribution < 1.29 is 4.42 Å². The predicted molar refractivity (Wildman–Crippen MR) is 73.4 cm³/mol. The molecule has 0 radical (unpaired) electrons. The first kappa shape index (κ1) is 13.0. The molecule has 1 aromatic rings. The van der Waals surface area contributed by atoms with Crippen molar-refractivity contribution in [2.75, 3.05) is 31.9 Å². The van der Waals surface area contributed by atoms with Gasteiger partial charge in [-0.05, 0) is 12.5 Å². The van der Waals surface area contributed by atoms with Crippen LogP contribution in [0.15, 0.2) is 23.0 Å². The van der Waals surface area contributed by atoms with Crippen LogP contribution in [-0.4, -0.2) is 42.1 Å². The zero-order valence-corrected chi connectivity index (χ0v) is 11.3. The monoisotopic (exact) mass is 254 g/mol. The van der Waals surface area contributed by atoms with Crippen LogP contribution in [0.5, 0.6) is 0 Å². The largest absolute Gasteiger partial charge is 0.472 e. The van der Waals surface area contributed by atoms with E-state index in [2.05, 4.69) is 28.9 Å². The van der Waals surface area contributed by atoms with E-state index in [9.17, 15) is 0 Å². The first-order valence-corrected chi connectivity index (χ1v) is 7.49. The highest BCUT2D eigenvalue weighted by atomic mass is 32.2. The van der Waals surface area contributed by atoms with Gasteiger partial charge in [0.15, 0.2) is 0 Å². The van der Waals surface area contributed by atoms with Crippen molar-refractivity contribution in [2.45, 2.75) is 25.1 Å². The van der Waals surface area contributed by atoms with E-state index in [-0.39, 0.29) is 0 Å². The first-order chi connectivity index (χ1) is 8.38. The summed E-state index contributed by atoms with van der Waals surface area (Å²) in [7, 11) is 0. The Labute approximate surface area is 108 Å². The van der Waals surface area contributed by atoms with Gasteiger partial charge < -0.3 is 14.6 Å². The second kappa shape index (κ2) is 7.09. The van der Waals surface area contributed by atoms with Gasteiger partial charge in [0, 0.05) is 49.3 Å². The summed E-state index contributed by atoms with van der Waals surface area (Å²) >= 11 is 2.13. The molecular weight excluding hydrogens is 232 g/mol. The minimum Gasteiger partial charge on any atom is -0.472 e. The van der Waals surface area contributed by atoms with Crippen LogP contribution in [0, 0.1) is 0 Å². The Kier molecular flexibility index (Phi) is 5.42. The fraction of sp³-hybridized carbons (Fsp3) is 0.692. The molecule has 1 atom stereocenters. The summed E-state index contributed by atoms with van der Waals surface area (Å²) in [4.78, 5) is 2.58. The van der Waals surface area contributed by atoms with Crippen LogP contribution < -0.4 is 5.32 Å². The summed E-state index contributed by atoms with van der Waals surface area (Å²) in [5, 5.41) is 4.30. The molecule has 0 bridgehead atoms. The third-order valence-electron chi connectivity index (χ3n) is 3.19. The van der Waals surface area contributed by atoms with Gasteiger partial charge in [0.2, 0.25) is 0 Å². The standard InChI is InChI=1S/C13H22N2OS/c1-2-13-10-15(6-8-17-13)5-4-14-9-12-3-7-16-11-12/h3,7,11,13-14H,2,4-6,8-10H2,1H3. The molecule has 96 valence electrons. The maximum absolute atomic E-state index is 5.04. The van der Waals surface area contributed by atoms with Crippen molar-refractivity contribution in [3.05, 3.63) is 24.2 Å². The van der Waals surface area contributed by atoms with Gasteiger partial charge in [-0.2, -0.15) is 11.8 Å². The number of rotatable bonds is 6. The van der Waals surface area contributed by atoms with E-state index in [4.69, 9.17) is 4.42 Å². The van der Waals surface area contributed by atoms with Crippen molar-refractivity contribution >= 4 is 11.8 Å². The third kappa shape index (κ3) is 4.37. The summed E-state index contributed by atoms with van der Waals surface area (Å²) in [5.74, 6) is 1.29. The number of nitrogens with one attached hydrogen (secondary N) is 1. The molecule has 3 nitrogen and oxygen atoms in total. The molecular formula is C13H22N2OS. The Morgan fingerprint density at radius 1 is 1.59 bits per heavy atom. The van der Waals surface area contributed by atoms with Crippen LogP contribution >= 0.6 is 11.8 Å². The Bertz CT molecular complexity index is 302. The van der Waals surface area contributed by atoms with Crippen LogP contribution in [-0.2, 0) is 6.54 Å². The predicted octanol–water partition coefficient (Wildman–Crippen LogP) is 2.20. The number of hydrogen-bond donors (Lipinski definition) is 1. The minimum absolute atomic E-state index is 0.845. The fourth-order valence-corrected chi connectivity index (χ4v) is 3.34. The smallest absolute Gasteiger partial charge is 0.0947 e.